The molecule has 0 saturated heterocycles. The highest BCUT2D eigenvalue weighted by Crippen LogP contribution is 2.26. The Labute approximate surface area is 86.5 Å². The molecule has 0 aliphatic heterocycles. The molecule has 0 amide bonds. The third-order valence-electron chi connectivity index (χ3n) is 2.39. The van der Waals surface area contributed by atoms with Crippen molar-refractivity contribution >= 4 is 21.7 Å². The summed E-state index contributed by atoms with van der Waals surface area (Å²) in [6, 6.07) is 9.15. The van der Waals surface area contributed by atoms with E-state index in [1.165, 1.54) is 0 Å². The highest BCUT2D eigenvalue weighted by atomic mass is 16.5. The lowest BCUT2D eigenvalue weighted by molar-refractivity contribution is -0.136. The normalized spacial score (nSPS) is 14.4. The van der Waals surface area contributed by atoms with Gasteiger partial charge in [-0.3, -0.25) is 4.79 Å². The summed E-state index contributed by atoms with van der Waals surface area (Å²) in [5.74, 6) is 0.435. The molecule has 0 bridgehead atoms. The first-order chi connectivity index (χ1) is 6.56. The molecule has 0 fully saturated rings. The molecule has 1 aromatic rings. The molecule has 0 saturated carbocycles. The van der Waals surface area contributed by atoms with E-state index in [2.05, 4.69) is 0 Å². The maximum Gasteiger partial charge on any atom is 0.308 e. The van der Waals surface area contributed by atoms with Crippen LogP contribution in [0.1, 0.15) is 6.92 Å². The molecule has 0 aliphatic carbocycles. The van der Waals surface area contributed by atoms with Gasteiger partial charge in [0.2, 0.25) is 0 Å². The fraction of sp³-hybridized carbons (Fsp3) is 0.300. The number of hydrogen-bond acceptors (Lipinski definition) is 2. The number of carbonyl (C=O) groups is 1. The van der Waals surface area contributed by atoms with E-state index in [1.807, 2.05) is 40.8 Å². The van der Waals surface area contributed by atoms with E-state index < -0.39 is 5.31 Å². The molecule has 2 nitrogen and oxygen atoms in total. The largest absolute Gasteiger partial charge is 0.427 e. The van der Waals surface area contributed by atoms with E-state index >= 15 is 0 Å². The molecule has 1 rings (SSSR count). The van der Waals surface area contributed by atoms with Crippen LogP contribution in [0.25, 0.3) is 0 Å². The second kappa shape index (κ2) is 4.36. The number of ether oxygens (including phenoxy) is 1. The van der Waals surface area contributed by atoms with Gasteiger partial charge in [0.1, 0.15) is 21.4 Å². The minimum Gasteiger partial charge on any atom is -0.427 e. The number of hydrogen-bond donors (Lipinski definition) is 0. The molecule has 72 valence electrons. The fourth-order valence-corrected chi connectivity index (χ4v) is 0.878. The van der Waals surface area contributed by atoms with Crippen LogP contribution in [-0.4, -0.2) is 21.7 Å². The summed E-state index contributed by atoms with van der Waals surface area (Å²) in [6.45, 7) is 1.89. The Morgan fingerprint density at radius 2 is 2.00 bits per heavy atom. The Morgan fingerprint density at radius 3 is 2.50 bits per heavy atom. The van der Waals surface area contributed by atoms with Gasteiger partial charge in [-0.05, 0) is 12.1 Å². The number of esters is 1. The van der Waals surface area contributed by atoms with Crippen LogP contribution in [0, 0.1) is 0 Å². The molecule has 1 unspecified atom stereocenters. The van der Waals surface area contributed by atoms with Gasteiger partial charge in [0, 0.05) is 5.31 Å². The minimum atomic E-state index is -0.407. The van der Waals surface area contributed by atoms with Gasteiger partial charge in [-0.1, -0.05) is 31.4 Å². The molecular formula is C10H14B2O2. The molecule has 1 aromatic carbocycles. The summed E-state index contributed by atoms with van der Waals surface area (Å²) in [4.78, 5) is 11.6. The van der Waals surface area contributed by atoms with Crippen LogP contribution in [0.15, 0.2) is 30.3 Å². The maximum absolute atomic E-state index is 11.6. The fourth-order valence-electron chi connectivity index (χ4n) is 0.878. The molecule has 0 heterocycles. The van der Waals surface area contributed by atoms with Gasteiger partial charge in [-0.15, -0.1) is 0 Å². The average molecular weight is 188 g/mol. The molecule has 14 heavy (non-hydrogen) atoms. The van der Waals surface area contributed by atoms with Crippen molar-refractivity contribution in [2.24, 2.45) is 0 Å². The van der Waals surface area contributed by atoms with Gasteiger partial charge in [0.25, 0.3) is 0 Å². The summed E-state index contributed by atoms with van der Waals surface area (Å²) in [5.41, 5.74) is 0. The van der Waals surface area contributed by atoms with Crippen LogP contribution in [0.2, 0.25) is 11.6 Å². The number of benzene rings is 1. The van der Waals surface area contributed by atoms with E-state index in [0.29, 0.717) is 5.75 Å². The number of rotatable bonds is 3. The summed E-state index contributed by atoms with van der Waals surface area (Å²) < 4.78 is 5.23. The van der Waals surface area contributed by atoms with E-state index in [4.69, 9.17) is 4.74 Å². The van der Waals surface area contributed by atoms with Crippen LogP contribution >= 0.6 is 0 Å². The maximum atomic E-state index is 11.6. The Morgan fingerprint density at radius 1 is 1.43 bits per heavy atom. The summed E-state index contributed by atoms with van der Waals surface area (Å²) >= 11 is 0. The highest BCUT2D eigenvalue weighted by Gasteiger charge is 2.27. The summed E-state index contributed by atoms with van der Waals surface area (Å²) in [5, 5.41) is -0.407. The van der Waals surface area contributed by atoms with Gasteiger partial charge in [0.15, 0.2) is 0 Å². The van der Waals surface area contributed by atoms with Crippen molar-refractivity contribution in [1.82, 2.24) is 0 Å². The molecule has 0 radical (unpaired) electrons. The smallest absolute Gasteiger partial charge is 0.308 e. The van der Waals surface area contributed by atoms with Gasteiger partial charge < -0.3 is 4.74 Å². The first-order valence-corrected chi connectivity index (χ1v) is 4.83. The van der Waals surface area contributed by atoms with E-state index in [0.717, 1.165) is 6.32 Å². The Hall–Kier alpha value is -1.18. The SMILES string of the molecule is BCC(B)(C)C(=O)Oc1ccccc1. The minimum absolute atomic E-state index is 0.175. The van der Waals surface area contributed by atoms with Crippen molar-refractivity contribution in [2.45, 2.75) is 18.6 Å². The Balaban J connectivity index is 2.67. The average Bonchev–Trinajstić information content (AvgIpc) is 2.19. The van der Waals surface area contributed by atoms with Gasteiger partial charge in [0.05, 0.1) is 0 Å². The molecule has 0 aromatic heterocycles. The first-order valence-electron chi connectivity index (χ1n) is 4.83. The van der Waals surface area contributed by atoms with Crippen molar-refractivity contribution in [3.05, 3.63) is 30.3 Å². The van der Waals surface area contributed by atoms with Crippen LogP contribution < -0.4 is 4.74 Å². The standard InChI is InChI=1S/C10H14B2O2/c1-10(12,7-11)9(13)14-8-5-3-2-4-6-8/h2-6H,7,11-12H2,1H3. The van der Waals surface area contributed by atoms with Crippen LogP contribution in [-0.2, 0) is 4.79 Å². The van der Waals surface area contributed by atoms with E-state index in [1.54, 1.807) is 12.1 Å². The molecule has 1 atom stereocenters. The lowest BCUT2D eigenvalue weighted by atomic mass is 9.63. The molecule has 0 spiro atoms. The van der Waals surface area contributed by atoms with Crippen LogP contribution in [0.5, 0.6) is 5.75 Å². The Kier molecular flexibility index (Phi) is 3.39. The topological polar surface area (TPSA) is 26.3 Å². The molecule has 0 aliphatic rings. The number of carbonyl (C=O) groups excluding carboxylic acids is 1. The highest BCUT2D eigenvalue weighted by molar-refractivity contribution is 6.31. The van der Waals surface area contributed by atoms with Crippen LogP contribution in [0.3, 0.4) is 0 Å². The molecule has 0 N–H and O–H groups in total. The van der Waals surface area contributed by atoms with E-state index in [9.17, 15) is 4.79 Å². The van der Waals surface area contributed by atoms with Crippen molar-refractivity contribution < 1.29 is 9.53 Å². The van der Waals surface area contributed by atoms with Crippen molar-refractivity contribution in [2.75, 3.05) is 0 Å². The second-order valence-corrected chi connectivity index (χ2v) is 3.94. The zero-order chi connectivity index (χ0) is 10.6. The monoisotopic (exact) mass is 188 g/mol. The first kappa shape index (κ1) is 10.9. The zero-order valence-electron chi connectivity index (χ0n) is 8.91. The quantitative estimate of drug-likeness (QED) is 0.391. The number of para-hydroxylation sites is 1. The van der Waals surface area contributed by atoms with Crippen LogP contribution in [0.4, 0.5) is 0 Å². The van der Waals surface area contributed by atoms with E-state index in [-0.39, 0.29) is 5.97 Å². The second-order valence-electron chi connectivity index (χ2n) is 3.94. The van der Waals surface area contributed by atoms with Crippen molar-refractivity contribution in [1.29, 1.82) is 0 Å². The third kappa shape index (κ3) is 2.66. The summed E-state index contributed by atoms with van der Waals surface area (Å²) in [7, 11) is 3.87. The molecule has 4 heteroatoms. The van der Waals surface area contributed by atoms with Gasteiger partial charge in [-0.2, -0.15) is 0 Å². The Bertz CT molecular complexity index is 309. The summed E-state index contributed by atoms with van der Waals surface area (Å²) in [6.07, 6.45) is 0.776. The van der Waals surface area contributed by atoms with Gasteiger partial charge >= 0.3 is 5.97 Å². The zero-order valence-corrected chi connectivity index (χ0v) is 8.91. The third-order valence-corrected chi connectivity index (χ3v) is 2.39. The van der Waals surface area contributed by atoms with Crippen molar-refractivity contribution in [3.63, 3.8) is 0 Å². The lowest BCUT2D eigenvalue weighted by Crippen LogP contribution is -2.25. The van der Waals surface area contributed by atoms with Gasteiger partial charge in [-0.25, -0.2) is 0 Å². The van der Waals surface area contributed by atoms with Crippen molar-refractivity contribution in [3.8, 4) is 5.75 Å². The predicted molar refractivity (Wildman–Crippen MR) is 62.3 cm³/mol. The predicted octanol–water partition coefficient (Wildman–Crippen LogP) is 0.455. The lowest BCUT2D eigenvalue weighted by Gasteiger charge is -2.20. The molecular weight excluding hydrogens is 174 g/mol.